The fourth-order valence-corrected chi connectivity index (χ4v) is 5.38. The minimum atomic E-state index is -0.799. The van der Waals surface area contributed by atoms with Crippen molar-refractivity contribution in [1.29, 1.82) is 0 Å². The van der Waals surface area contributed by atoms with Gasteiger partial charge >= 0.3 is 0 Å². The average Bonchev–Trinajstić information content (AvgIpc) is 3.50. The van der Waals surface area contributed by atoms with Gasteiger partial charge < -0.3 is 9.84 Å². The minimum absolute atomic E-state index is 0.0403. The quantitative estimate of drug-likeness (QED) is 0.316. The van der Waals surface area contributed by atoms with Crippen LogP contribution in [0.2, 0.25) is 0 Å². The number of aryl methyl sites for hydroxylation is 2. The van der Waals surface area contributed by atoms with Gasteiger partial charge in [0, 0.05) is 11.6 Å². The highest BCUT2D eigenvalue weighted by molar-refractivity contribution is 7.14. The summed E-state index contributed by atoms with van der Waals surface area (Å²) in [5, 5.41) is 13.7. The van der Waals surface area contributed by atoms with Crippen LogP contribution in [0.5, 0.6) is 5.75 Å². The van der Waals surface area contributed by atoms with Crippen molar-refractivity contribution in [2.24, 2.45) is 0 Å². The Labute approximate surface area is 200 Å². The van der Waals surface area contributed by atoms with E-state index in [2.05, 4.69) is 16.9 Å². The van der Waals surface area contributed by atoms with Crippen LogP contribution in [-0.4, -0.2) is 33.4 Å². The van der Waals surface area contributed by atoms with Crippen molar-refractivity contribution >= 4 is 39.5 Å². The molecule has 0 aliphatic carbocycles. The van der Waals surface area contributed by atoms with E-state index in [1.165, 1.54) is 27.6 Å². The fraction of sp³-hybridized carbons (Fsp3) is 0.333. The average molecular weight is 484 g/mol. The van der Waals surface area contributed by atoms with E-state index in [4.69, 9.17) is 4.74 Å². The number of amides is 1. The van der Waals surface area contributed by atoms with E-state index < -0.39 is 23.5 Å². The molecule has 1 aliphatic rings. The normalized spacial score (nSPS) is 16.0. The van der Waals surface area contributed by atoms with Crippen LogP contribution in [0.4, 0.5) is 5.13 Å². The number of aromatic nitrogens is 2. The molecule has 1 atom stereocenters. The van der Waals surface area contributed by atoms with Gasteiger partial charge in [0.1, 0.15) is 5.75 Å². The molecule has 0 radical (unpaired) electrons. The first-order chi connectivity index (χ1) is 15.9. The van der Waals surface area contributed by atoms with E-state index in [0.717, 1.165) is 30.0 Å². The number of unbranched alkanes of at least 4 members (excludes halogenated alkanes) is 2. The third-order valence-electron chi connectivity index (χ3n) is 5.40. The zero-order chi connectivity index (χ0) is 23.5. The number of benzene rings is 1. The summed E-state index contributed by atoms with van der Waals surface area (Å²) in [6.07, 6.45) is 4.80. The minimum Gasteiger partial charge on any atom is -0.503 e. The molecule has 4 rings (SSSR count). The number of nitrogens with zero attached hydrogens (tertiary/aromatic N) is 3. The second-order valence-corrected chi connectivity index (χ2v) is 9.83. The van der Waals surface area contributed by atoms with Crippen LogP contribution in [0.25, 0.3) is 0 Å². The van der Waals surface area contributed by atoms with Crippen LogP contribution in [0.15, 0.2) is 47.2 Å². The Morgan fingerprint density at radius 3 is 2.58 bits per heavy atom. The predicted octanol–water partition coefficient (Wildman–Crippen LogP) is 5.57. The lowest BCUT2D eigenvalue weighted by molar-refractivity contribution is -0.117. The molecule has 1 aliphatic heterocycles. The van der Waals surface area contributed by atoms with Gasteiger partial charge in [-0.2, -0.15) is 0 Å². The number of hydrogen-bond donors (Lipinski definition) is 1. The zero-order valence-electron chi connectivity index (χ0n) is 18.7. The van der Waals surface area contributed by atoms with Crippen LogP contribution >= 0.6 is 22.7 Å². The third-order valence-corrected chi connectivity index (χ3v) is 7.24. The molecule has 7 nitrogen and oxygen atoms in total. The summed E-state index contributed by atoms with van der Waals surface area (Å²) in [7, 11) is 0. The fourth-order valence-electron chi connectivity index (χ4n) is 3.84. The summed E-state index contributed by atoms with van der Waals surface area (Å²) in [5.41, 5.74) is 1.31. The van der Waals surface area contributed by atoms with E-state index >= 15 is 0 Å². The third kappa shape index (κ3) is 4.56. The smallest absolute Gasteiger partial charge is 0.296 e. The first-order valence-corrected chi connectivity index (χ1v) is 12.5. The lowest BCUT2D eigenvalue weighted by atomic mass is 9.95. The number of ether oxygens (including phenoxy) is 1. The molecule has 0 saturated carbocycles. The molecule has 33 heavy (non-hydrogen) atoms. The van der Waals surface area contributed by atoms with Crippen molar-refractivity contribution in [2.45, 2.75) is 46.1 Å². The van der Waals surface area contributed by atoms with Gasteiger partial charge in [-0.25, -0.2) is 9.97 Å². The van der Waals surface area contributed by atoms with Crippen LogP contribution in [0, 0.1) is 13.8 Å². The maximum absolute atomic E-state index is 13.5. The molecule has 0 bridgehead atoms. The maximum Gasteiger partial charge on any atom is 0.296 e. The molecule has 1 amide bonds. The summed E-state index contributed by atoms with van der Waals surface area (Å²) in [5.74, 6) is -0.870. The summed E-state index contributed by atoms with van der Waals surface area (Å²) in [6, 6.07) is 6.50. The molecule has 172 valence electrons. The van der Waals surface area contributed by atoms with Gasteiger partial charge in [0.05, 0.1) is 33.8 Å². The second-order valence-electron chi connectivity index (χ2n) is 7.76. The van der Waals surface area contributed by atoms with E-state index in [-0.39, 0.29) is 5.57 Å². The van der Waals surface area contributed by atoms with E-state index in [9.17, 15) is 14.7 Å². The highest BCUT2D eigenvalue weighted by atomic mass is 32.1. The van der Waals surface area contributed by atoms with Gasteiger partial charge in [-0.15, -0.1) is 22.7 Å². The van der Waals surface area contributed by atoms with Crippen LogP contribution in [-0.2, 0) is 4.79 Å². The van der Waals surface area contributed by atoms with Crippen LogP contribution < -0.4 is 9.64 Å². The Morgan fingerprint density at radius 2 is 1.97 bits per heavy atom. The summed E-state index contributed by atoms with van der Waals surface area (Å²) in [6.45, 7) is 6.35. The van der Waals surface area contributed by atoms with E-state index in [1.807, 2.05) is 31.2 Å². The highest BCUT2D eigenvalue weighted by Gasteiger charge is 2.46. The Bertz CT molecular complexity index is 1180. The number of carbonyl (C=O) groups is 2. The molecule has 0 fully saturated rings. The van der Waals surface area contributed by atoms with Gasteiger partial charge in [0.15, 0.2) is 10.9 Å². The van der Waals surface area contributed by atoms with E-state index in [1.54, 1.807) is 18.5 Å². The summed E-state index contributed by atoms with van der Waals surface area (Å²) < 4.78 is 5.80. The highest BCUT2D eigenvalue weighted by Crippen LogP contribution is 2.43. The Hall–Kier alpha value is -3.04. The lowest BCUT2D eigenvalue weighted by Crippen LogP contribution is -2.30. The summed E-state index contributed by atoms with van der Waals surface area (Å²) >= 11 is 2.53. The molecule has 3 aromatic rings. The van der Waals surface area contributed by atoms with Gasteiger partial charge in [0.25, 0.3) is 5.91 Å². The zero-order valence-corrected chi connectivity index (χ0v) is 20.3. The number of ketones is 1. The molecular weight excluding hydrogens is 458 g/mol. The van der Waals surface area contributed by atoms with Crippen molar-refractivity contribution < 1.29 is 19.4 Å². The lowest BCUT2D eigenvalue weighted by Gasteiger charge is -2.24. The molecule has 0 spiro atoms. The van der Waals surface area contributed by atoms with Gasteiger partial charge in [-0.05, 0) is 38.0 Å². The maximum atomic E-state index is 13.5. The van der Waals surface area contributed by atoms with Gasteiger partial charge in [-0.1, -0.05) is 31.9 Å². The van der Waals surface area contributed by atoms with Crippen LogP contribution in [0.3, 0.4) is 0 Å². The van der Waals surface area contributed by atoms with Crippen LogP contribution in [0.1, 0.15) is 58.2 Å². The Balaban J connectivity index is 1.71. The monoisotopic (exact) mass is 483 g/mol. The summed E-state index contributed by atoms with van der Waals surface area (Å²) in [4.78, 5) is 37.0. The molecule has 9 heteroatoms. The van der Waals surface area contributed by atoms with Crippen molar-refractivity contribution in [3.63, 3.8) is 0 Å². The Morgan fingerprint density at radius 1 is 1.21 bits per heavy atom. The Kier molecular flexibility index (Phi) is 6.90. The van der Waals surface area contributed by atoms with Crippen molar-refractivity contribution in [2.75, 3.05) is 11.5 Å². The number of anilines is 1. The van der Waals surface area contributed by atoms with E-state index in [0.29, 0.717) is 27.9 Å². The topological polar surface area (TPSA) is 92.6 Å². The second kappa shape index (κ2) is 9.84. The predicted molar refractivity (Wildman–Crippen MR) is 129 cm³/mol. The molecule has 2 aromatic heterocycles. The molecule has 1 unspecified atom stereocenters. The molecule has 1 N–H and O–H groups in total. The van der Waals surface area contributed by atoms with Crippen molar-refractivity contribution in [1.82, 2.24) is 9.97 Å². The number of thiazole rings is 2. The van der Waals surface area contributed by atoms with Gasteiger partial charge in [-0.3, -0.25) is 14.5 Å². The largest absolute Gasteiger partial charge is 0.503 e. The SMILES string of the molecule is CCCCCOc1ccc(C2C(C(=O)c3sc(C)nc3C)=C(O)C(=O)N2c2nccs2)cc1. The molecule has 0 saturated heterocycles. The molecular formula is C24H25N3O4S2. The van der Waals surface area contributed by atoms with Crippen molar-refractivity contribution in [3.05, 3.63) is 68.3 Å². The number of aliphatic hydroxyl groups excluding tert-OH is 1. The number of carbonyl (C=O) groups excluding carboxylic acids is 2. The van der Waals surface area contributed by atoms with Gasteiger partial charge in [0.2, 0.25) is 5.78 Å². The number of hydrogen-bond acceptors (Lipinski definition) is 8. The number of Topliss-reactive ketones (excluding diaryl/α,β-unsaturated/α-hetero) is 1. The number of rotatable bonds is 9. The standard InChI is InChI=1S/C24H25N3O4S2/c1-4-5-6-12-31-17-9-7-16(8-10-17)19-18(20(28)22-14(2)26-15(3)33-22)21(29)23(30)27(19)24-25-11-13-32-24/h7-11,13,19,29H,4-6,12H2,1-3H3. The first-order valence-electron chi connectivity index (χ1n) is 10.8. The molecule has 1 aromatic carbocycles. The van der Waals surface area contributed by atoms with Crippen molar-refractivity contribution in [3.8, 4) is 5.75 Å². The number of aliphatic hydroxyl groups is 1. The molecule has 3 heterocycles. The first kappa shape index (κ1) is 23.1.